The second-order valence-electron chi connectivity index (χ2n) is 3.32. The van der Waals surface area contributed by atoms with Crippen molar-refractivity contribution in [2.75, 3.05) is 5.33 Å². The molecule has 0 bridgehead atoms. The number of aliphatic hydroxyl groups is 2. The second-order valence-corrected chi connectivity index (χ2v) is 4.12. The number of aliphatic hydroxyl groups excluding tert-OH is 2. The molecule has 0 aromatic heterocycles. The van der Waals surface area contributed by atoms with Crippen LogP contribution in [-0.2, 0) is 0 Å². The number of aromatic hydroxyl groups is 1. The van der Waals surface area contributed by atoms with Gasteiger partial charge in [-0.3, -0.25) is 0 Å². The lowest BCUT2D eigenvalue weighted by atomic mass is 10.0. The van der Waals surface area contributed by atoms with E-state index in [1.807, 2.05) is 0 Å². The van der Waals surface area contributed by atoms with Crippen LogP contribution in [0.3, 0.4) is 0 Å². The summed E-state index contributed by atoms with van der Waals surface area (Å²) in [6.45, 7) is 0. The van der Waals surface area contributed by atoms with E-state index >= 15 is 0 Å². The molecule has 0 fully saturated rings. The quantitative estimate of drug-likeness (QED) is 0.743. The smallest absolute Gasteiger partial charge is 0.187 e. The molecule has 0 spiro atoms. The molecule has 90 valence electrons. The fourth-order valence-electron chi connectivity index (χ4n) is 1.25. The first-order valence-electron chi connectivity index (χ1n) is 4.57. The zero-order chi connectivity index (χ0) is 12.3. The summed E-state index contributed by atoms with van der Waals surface area (Å²) < 4.78 is 25.9. The van der Waals surface area contributed by atoms with Crippen molar-refractivity contribution in [2.24, 2.45) is 0 Å². The molecule has 2 atom stereocenters. The fraction of sp³-hybridized carbons (Fsp3) is 0.400. The number of phenols is 1. The topological polar surface area (TPSA) is 60.7 Å². The summed E-state index contributed by atoms with van der Waals surface area (Å²) in [7, 11) is 0. The third-order valence-electron chi connectivity index (χ3n) is 2.15. The maximum Gasteiger partial charge on any atom is 0.187 e. The molecule has 0 aliphatic carbocycles. The zero-order valence-electron chi connectivity index (χ0n) is 8.20. The molecule has 0 aliphatic heterocycles. The van der Waals surface area contributed by atoms with Crippen LogP contribution in [0, 0.1) is 11.6 Å². The molecule has 16 heavy (non-hydrogen) atoms. The molecule has 0 saturated heterocycles. The van der Waals surface area contributed by atoms with Crippen LogP contribution < -0.4 is 0 Å². The first-order chi connectivity index (χ1) is 7.47. The van der Waals surface area contributed by atoms with Gasteiger partial charge in [0.15, 0.2) is 17.4 Å². The van der Waals surface area contributed by atoms with E-state index in [0.29, 0.717) is 5.33 Å². The van der Waals surface area contributed by atoms with E-state index in [0.717, 1.165) is 12.1 Å². The van der Waals surface area contributed by atoms with Crippen LogP contribution in [0.5, 0.6) is 5.75 Å². The highest BCUT2D eigenvalue weighted by Gasteiger charge is 2.21. The normalized spacial score (nSPS) is 14.8. The minimum atomic E-state index is -1.39. The minimum Gasteiger partial charge on any atom is -0.503 e. The van der Waals surface area contributed by atoms with Gasteiger partial charge in [-0.15, -0.1) is 0 Å². The van der Waals surface area contributed by atoms with Gasteiger partial charge in [0.25, 0.3) is 0 Å². The summed E-state index contributed by atoms with van der Waals surface area (Å²) in [5.74, 6) is -3.42. The van der Waals surface area contributed by atoms with Crippen molar-refractivity contribution >= 4 is 15.9 Å². The van der Waals surface area contributed by atoms with Gasteiger partial charge in [-0.05, 0) is 24.1 Å². The third kappa shape index (κ3) is 2.90. The maximum absolute atomic E-state index is 13.0. The Labute approximate surface area is 99.5 Å². The molecule has 0 aliphatic rings. The van der Waals surface area contributed by atoms with E-state index in [1.54, 1.807) is 0 Å². The Morgan fingerprint density at radius 3 is 2.12 bits per heavy atom. The van der Waals surface area contributed by atoms with Gasteiger partial charge in [-0.2, -0.15) is 0 Å². The lowest BCUT2D eigenvalue weighted by Crippen LogP contribution is -2.18. The Hall–Kier alpha value is -0.720. The summed E-state index contributed by atoms with van der Waals surface area (Å²) in [6.07, 6.45) is -2.27. The number of benzene rings is 1. The van der Waals surface area contributed by atoms with Crippen molar-refractivity contribution in [3.63, 3.8) is 0 Å². The molecule has 1 aromatic carbocycles. The highest BCUT2D eigenvalue weighted by atomic mass is 79.9. The molecule has 3 nitrogen and oxygen atoms in total. The van der Waals surface area contributed by atoms with Gasteiger partial charge < -0.3 is 15.3 Å². The van der Waals surface area contributed by atoms with E-state index in [1.165, 1.54) is 0 Å². The van der Waals surface area contributed by atoms with Crippen molar-refractivity contribution < 1.29 is 24.1 Å². The van der Waals surface area contributed by atoms with Crippen LogP contribution in [-0.4, -0.2) is 26.8 Å². The van der Waals surface area contributed by atoms with Gasteiger partial charge in [0.2, 0.25) is 0 Å². The van der Waals surface area contributed by atoms with Crippen molar-refractivity contribution in [1.29, 1.82) is 0 Å². The number of hydrogen-bond acceptors (Lipinski definition) is 3. The molecule has 2 unspecified atom stereocenters. The third-order valence-corrected chi connectivity index (χ3v) is 2.61. The minimum absolute atomic E-state index is 0.110. The predicted octanol–water partition coefficient (Wildman–Crippen LogP) is 1.85. The fourth-order valence-corrected chi connectivity index (χ4v) is 1.72. The average Bonchev–Trinajstić information content (AvgIpc) is 2.24. The Kier molecular flexibility index (Phi) is 4.64. The maximum atomic E-state index is 13.0. The van der Waals surface area contributed by atoms with Crippen LogP contribution in [0.25, 0.3) is 0 Å². The van der Waals surface area contributed by atoms with Gasteiger partial charge in [-0.25, -0.2) is 8.78 Å². The van der Waals surface area contributed by atoms with E-state index < -0.39 is 29.6 Å². The Morgan fingerprint density at radius 2 is 1.69 bits per heavy atom. The summed E-state index contributed by atoms with van der Waals surface area (Å²) in [5, 5.41) is 28.3. The Bertz CT molecular complexity index is 350. The molecular formula is C10H11BrF2O3. The molecule has 6 heteroatoms. The summed E-state index contributed by atoms with van der Waals surface area (Å²) in [4.78, 5) is 0. The number of halogens is 3. The van der Waals surface area contributed by atoms with Crippen molar-refractivity contribution in [3.05, 3.63) is 29.3 Å². The van der Waals surface area contributed by atoms with Crippen LogP contribution in [0.2, 0.25) is 0 Å². The van der Waals surface area contributed by atoms with E-state index in [9.17, 15) is 19.0 Å². The predicted molar refractivity (Wildman–Crippen MR) is 57.4 cm³/mol. The van der Waals surface area contributed by atoms with Crippen LogP contribution in [0.4, 0.5) is 8.78 Å². The van der Waals surface area contributed by atoms with E-state index in [2.05, 4.69) is 15.9 Å². The number of alkyl halides is 1. The molecule has 0 heterocycles. The molecule has 0 amide bonds. The first kappa shape index (κ1) is 13.3. The highest BCUT2D eigenvalue weighted by molar-refractivity contribution is 9.09. The van der Waals surface area contributed by atoms with Crippen LogP contribution in [0.1, 0.15) is 18.1 Å². The second kappa shape index (κ2) is 5.56. The van der Waals surface area contributed by atoms with Gasteiger partial charge in [0.05, 0.1) is 6.10 Å². The summed E-state index contributed by atoms with van der Waals surface area (Å²) >= 11 is 3.07. The van der Waals surface area contributed by atoms with Gasteiger partial charge in [0.1, 0.15) is 6.10 Å². The molecular weight excluding hydrogens is 286 g/mol. The SMILES string of the molecule is Oc1c(F)cc(C(O)C(O)CCBr)cc1F. The molecule has 1 rings (SSSR count). The Morgan fingerprint density at radius 1 is 1.19 bits per heavy atom. The standard InChI is InChI=1S/C10H11BrF2O3/c11-2-1-8(14)9(15)5-3-6(12)10(16)7(13)4-5/h3-4,8-9,14-16H,1-2H2. The zero-order valence-corrected chi connectivity index (χ0v) is 9.79. The Balaban J connectivity index is 2.96. The summed E-state index contributed by atoms with van der Waals surface area (Å²) in [5.41, 5.74) is -0.110. The number of hydrogen-bond donors (Lipinski definition) is 3. The van der Waals surface area contributed by atoms with Gasteiger partial charge in [-0.1, -0.05) is 15.9 Å². The van der Waals surface area contributed by atoms with Crippen molar-refractivity contribution in [1.82, 2.24) is 0 Å². The van der Waals surface area contributed by atoms with Crippen LogP contribution >= 0.6 is 15.9 Å². The molecule has 1 aromatic rings. The largest absolute Gasteiger partial charge is 0.503 e. The van der Waals surface area contributed by atoms with Gasteiger partial charge in [0, 0.05) is 5.33 Å². The van der Waals surface area contributed by atoms with E-state index in [-0.39, 0.29) is 12.0 Å². The lowest BCUT2D eigenvalue weighted by Gasteiger charge is -2.17. The summed E-state index contributed by atoms with van der Waals surface area (Å²) in [6, 6.07) is 1.58. The monoisotopic (exact) mass is 296 g/mol. The number of rotatable bonds is 4. The molecule has 0 radical (unpaired) electrons. The number of phenolic OH excluding ortho intramolecular Hbond substituents is 1. The van der Waals surface area contributed by atoms with Crippen molar-refractivity contribution in [3.8, 4) is 5.75 Å². The first-order valence-corrected chi connectivity index (χ1v) is 5.69. The molecule has 0 saturated carbocycles. The average molecular weight is 297 g/mol. The lowest BCUT2D eigenvalue weighted by molar-refractivity contribution is 0.0169. The highest BCUT2D eigenvalue weighted by Crippen LogP contribution is 2.27. The molecule has 3 N–H and O–H groups in total. The van der Waals surface area contributed by atoms with E-state index in [4.69, 9.17) is 5.11 Å². The van der Waals surface area contributed by atoms with Crippen LogP contribution in [0.15, 0.2) is 12.1 Å². The van der Waals surface area contributed by atoms with Gasteiger partial charge >= 0.3 is 0 Å². The van der Waals surface area contributed by atoms with Crippen molar-refractivity contribution in [2.45, 2.75) is 18.6 Å².